The molecule has 0 amide bonds. The number of pyridine rings is 1. The van der Waals surface area contributed by atoms with Crippen molar-refractivity contribution in [2.75, 3.05) is 30.0 Å². The molecule has 3 N–H and O–H groups in total. The molecule has 11 heteroatoms. The van der Waals surface area contributed by atoms with Crippen molar-refractivity contribution in [1.29, 1.82) is 0 Å². The van der Waals surface area contributed by atoms with E-state index in [0.717, 1.165) is 16.9 Å². The SMILES string of the molecule is COc1cc(N2C=Nn3cc(-c4ccc(Cl)cn4)cc3C2O)ccc1N1CC[C@@H](OC(=O)C(N)C(C)C)C1. The van der Waals surface area contributed by atoms with Crippen LogP contribution in [0.5, 0.6) is 5.75 Å². The summed E-state index contributed by atoms with van der Waals surface area (Å²) in [6, 6.07) is 10.5. The van der Waals surface area contributed by atoms with Crippen LogP contribution in [0.1, 0.15) is 32.2 Å². The molecule has 2 aromatic heterocycles. The third-order valence-electron chi connectivity index (χ3n) is 6.90. The number of aliphatic hydroxyl groups is 1. The number of hydrogen-bond donors (Lipinski definition) is 2. The molecular weight excluding hydrogens is 508 g/mol. The van der Waals surface area contributed by atoms with Gasteiger partial charge in [-0.05, 0) is 36.2 Å². The molecule has 4 heterocycles. The summed E-state index contributed by atoms with van der Waals surface area (Å²) in [5.41, 5.74) is 9.69. The second-order valence-electron chi connectivity index (χ2n) is 9.79. The standard InChI is InChI=1S/C27H31ClN6O4/c1-16(2)25(29)27(36)38-20-8-9-32(14-20)22-7-5-19(11-24(22)37-3)33-15-31-34-13-17(10-23(34)26(33)35)21-6-4-18(28)12-30-21/h4-7,10-13,15-16,20,25-26,35H,8-9,14,29H2,1-3H3/t20-,25?,26?/m1/s1. The van der Waals surface area contributed by atoms with Crippen molar-refractivity contribution in [3.63, 3.8) is 0 Å². The molecular formula is C27H31ClN6O4. The summed E-state index contributed by atoms with van der Waals surface area (Å²) in [7, 11) is 1.61. The first-order valence-electron chi connectivity index (χ1n) is 12.5. The fourth-order valence-corrected chi connectivity index (χ4v) is 4.73. The van der Waals surface area contributed by atoms with Gasteiger partial charge in [0.05, 0.1) is 35.8 Å². The lowest BCUT2D eigenvalue weighted by molar-refractivity contribution is -0.150. The van der Waals surface area contributed by atoms with Crippen molar-refractivity contribution in [2.45, 2.75) is 38.6 Å². The number of halogens is 1. The zero-order chi connectivity index (χ0) is 27.0. The zero-order valence-corrected chi connectivity index (χ0v) is 22.2. The van der Waals surface area contributed by atoms with E-state index in [0.29, 0.717) is 41.7 Å². The van der Waals surface area contributed by atoms with E-state index in [-0.39, 0.29) is 18.0 Å². The van der Waals surface area contributed by atoms with Crippen LogP contribution in [0.3, 0.4) is 0 Å². The molecule has 3 atom stereocenters. The Morgan fingerprint density at radius 2 is 2.05 bits per heavy atom. The van der Waals surface area contributed by atoms with Gasteiger partial charge in [-0.25, -0.2) is 4.68 Å². The maximum atomic E-state index is 12.3. The Balaban J connectivity index is 1.31. The van der Waals surface area contributed by atoms with Crippen molar-refractivity contribution < 1.29 is 19.4 Å². The quantitative estimate of drug-likeness (QED) is 0.438. The van der Waals surface area contributed by atoms with E-state index in [9.17, 15) is 9.90 Å². The van der Waals surface area contributed by atoms with Crippen LogP contribution in [0.4, 0.5) is 11.4 Å². The summed E-state index contributed by atoms with van der Waals surface area (Å²) >= 11 is 5.96. The topological polar surface area (TPSA) is 118 Å². The summed E-state index contributed by atoms with van der Waals surface area (Å²) < 4.78 is 13.0. The Morgan fingerprint density at radius 1 is 1.24 bits per heavy atom. The number of ether oxygens (including phenoxy) is 2. The van der Waals surface area contributed by atoms with Gasteiger partial charge < -0.3 is 25.2 Å². The predicted octanol–water partition coefficient (Wildman–Crippen LogP) is 3.62. The first-order chi connectivity index (χ1) is 18.2. The zero-order valence-electron chi connectivity index (χ0n) is 21.5. The van der Waals surface area contributed by atoms with Crippen molar-refractivity contribution in [1.82, 2.24) is 9.66 Å². The summed E-state index contributed by atoms with van der Waals surface area (Å²) in [4.78, 5) is 20.4. The fraction of sp³-hybridized carbons (Fsp3) is 0.370. The van der Waals surface area contributed by atoms with Crippen LogP contribution in [-0.2, 0) is 9.53 Å². The Labute approximate surface area is 226 Å². The molecule has 1 saturated heterocycles. The molecule has 0 radical (unpaired) electrons. The molecule has 0 spiro atoms. The van der Waals surface area contributed by atoms with Crippen LogP contribution in [-0.4, -0.2) is 59.4 Å². The molecule has 5 rings (SSSR count). The molecule has 10 nitrogen and oxygen atoms in total. The third-order valence-corrected chi connectivity index (χ3v) is 7.12. The maximum Gasteiger partial charge on any atom is 0.323 e. The average molecular weight is 539 g/mol. The summed E-state index contributed by atoms with van der Waals surface area (Å²) in [5.74, 6) is 0.290. The number of nitrogens with zero attached hydrogens (tertiary/aromatic N) is 5. The van der Waals surface area contributed by atoms with Gasteiger partial charge in [0.15, 0.2) is 6.23 Å². The number of benzene rings is 1. The van der Waals surface area contributed by atoms with E-state index < -0.39 is 12.3 Å². The van der Waals surface area contributed by atoms with Crippen molar-refractivity contribution in [3.05, 3.63) is 59.5 Å². The minimum atomic E-state index is -0.968. The summed E-state index contributed by atoms with van der Waals surface area (Å²) in [6.07, 6.45) is 4.49. The number of nitrogens with two attached hydrogens (primary N) is 1. The van der Waals surface area contributed by atoms with Gasteiger partial charge in [0.25, 0.3) is 0 Å². The highest BCUT2D eigenvalue weighted by Crippen LogP contribution is 2.38. The molecule has 2 aliphatic rings. The van der Waals surface area contributed by atoms with Gasteiger partial charge in [0.2, 0.25) is 0 Å². The number of anilines is 2. The van der Waals surface area contributed by atoms with Crippen LogP contribution in [0.15, 0.2) is 53.9 Å². The minimum Gasteiger partial charge on any atom is -0.495 e. The number of rotatable bonds is 7. The highest BCUT2D eigenvalue weighted by molar-refractivity contribution is 6.30. The lowest BCUT2D eigenvalue weighted by Gasteiger charge is -2.30. The van der Waals surface area contributed by atoms with Gasteiger partial charge in [-0.2, -0.15) is 5.10 Å². The van der Waals surface area contributed by atoms with E-state index in [1.807, 2.05) is 50.4 Å². The molecule has 200 valence electrons. The Hall–Kier alpha value is -3.60. The van der Waals surface area contributed by atoms with Gasteiger partial charge in [0.1, 0.15) is 24.2 Å². The predicted molar refractivity (Wildman–Crippen MR) is 147 cm³/mol. The van der Waals surface area contributed by atoms with Gasteiger partial charge in [-0.1, -0.05) is 25.4 Å². The van der Waals surface area contributed by atoms with Gasteiger partial charge in [-0.15, -0.1) is 0 Å². The van der Waals surface area contributed by atoms with Gasteiger partial charge in [0, 0.05) is 42.7 Å². The first-order valence-corrected chi connectivity index (χ1v) is 12.9. The molecule has 38 heavy (non-hydrogen) atoms. The number of methoxy groups -OCH3 is 1. The number of aliphatic hydroxyl groups excluding tert-OH is 1. The molecule has 0 saturated carbocycles. The third kappa shape index (κ3) is 5.07. The number of fused-ring (bicyclic) bond motifs is 1. The summed E-state index contributed by atoms with van der Waals surface area (Å²) in [5, 5.41) is 16.2. The Kier molecular flexibility index (Phi) is 7.29. The highest BCUT2D eigenvalue weighted by Gasteiger charge is 2.31. The fourth-order valence-electron chi connectivity index (χ4n) is 4.62. The number of carbonyl (C=O) groups is 1. The Bertz CT molecular complexity index is 1340. The van der Waals surface area contributed by atoms with Crippen LogP contribution in [0.2, 0.25) is 5.02 Å². The van der Waals surface area contributed by atoms with Crippen LogP contribution in [0.25, 0.3) is 11.3 Å². The van der Waals surface area contributed by atoms with Gasteiger partial charge >= 0.3 is 5.97 Å². The van der Waals surface area contributed by atoms with Crippen molar-refractivity contribution in [3.8, 4) is 17.0 Å². The molecule has 0 aliphatic carbocycles. The van der Waals surface area contributed by atoms with Crippen LogP contribution in [0, 0.1) is 5.92 Å². The molecule has 2 aliphatic heterocycles. The van der Waals surface area contributed by atoms with Crippen molar-refractivity contribution >= 4 is 35.3 Å². The minimum absolute atomic E-state index is 0.0184. The van der Waals surface area contributed by atoms with E-state index in [1.54, 1.807) is 35.3 Å². The second kappa shape index (κ2) is 10.6. The highest BCUT2D eigenvalue weighted by atomic mass is 35.5. The normalized spacial score (nSPS) is 19.6. The smallest absolute Gasteiger partial charge is 0.323 e. The number of aromatic nitrogens is 2. The van der Waals surface area contributed by atoms with Gasteiger partial charge in [-0.3, -0.25) is 14.7 Å². The second-order valence-corrected chi connectivity index (χ2v) is 10.2. The van der Waals surface area contributed by atoms with E-state index in [4.69, 9.17) is 26.8 Å². The largest absolute Gasteiger partial charge is 0.495 e. The lowest BCUT2D eigenvalue weighted by Crippen LogP contribution is -2.39. The number of hydrogen-bond acceptors (Lipinski definition) is 9. The molecule has 0 bridgehead atoms. The average Bonchev–Trinajstić information content (AvgIpc) is 3.56. The van der Waals surface area contributed by atoms with E-state index >= 15 is 0 Å². The van der Waals surface area contributed by atoms with Crippen LogP contribution < -0.4 is 20.3 Å². The molecule has 1 fully saturated rings. The molecule has 2 unspecified atom stereocenters. The van der Waals surface area contributed by atoms with Crippen LogP contribution >= 0.6 is 11.6 Å². The summed E-state index contributed by atoms with van der Waals surface area (Å²) in [6.45, 7) is 5.06. The number of carbonyl (C=O) groups excluding carboxylic acids is 1. The molecule has 1 aromatic carbocycles. The van der Waals surface area contributed by atoms with Crippen molar-refractivity contribution in [2.24, 2.45) is 16.8 Å². The molecule has 3 aromatic rings. The monoisotopic (exact) mass is 538 g/mol. The Morgan fingerprint density at radius 3 is 2.76 bits per heavy atom. The number of esters is 1. The maximum absolute atomic E-state index is 12.3. The lowest BCUT2D eigenvalue weighted by atomic mass is 10.1. The first kappa shape index (κ1) is 26.0. The van der Waals surface area contributed by atoms with E-state index in [2.05, 4.69) is 15.0 Å². The van der Waals surface area contributed by atoms with E-state index in [1.165, 1.54) is 0 Å².